The quantitative estimate of drug-likeness (QED) is 0.524. The molecule has 0 N–H and O–H groups in total. The van der Waals surface area contributed by atoms with E-state index in [-0.39, 0.29) is 0 Å². The molecular formula is C3H4Se3. The van der Waals surface area contributed by atoms with Gasteiger partial charge < -0.3 is 0 Å². The van der Waals surface area contributed by atoms with Crippen molar-refractivity contribution in [1.82, 2.24) is 0 Å². The SMILES string of the molecule is [Se]=C1[Se]CC[Se]1. The Balaban J connectivity index is 2.37. The molecule has 1 aliphatic rings. The summed E-state index contributed by atoms with van der Waals surface area (Å²) in [7, 11) is 0. The van der Waals surface area contributed by atoms with Gasteiger partial charge in [0.2, 0.25) is 0 Å². The number of hydrogen-bond acceptors (Lipinski definition) is 0. The number of hydrogen-bond donors (Lipinski definition) is 0. The van der Waals surface area contributed by atoms with Crippen LogP contribution in [0.3, 0.4) is 0 Å². The molecule has 0 bridgehead atoms. The molecule has 0 aliphatic carbocycles. The Morgan fingerprint density at radius 2 is 1.83 bits per heavy atom. The van der Waals surface area contributed by atoms with E-state index < -0.39 is 0 Å². The molecular weight excluding hydrogens is 273 g/mol. The first-order chi connectivity index (χ1) is 2.89. The first-order valence-corrected chi connectivity index (χ1v) is 6.68. The Hall–Kier alpha value is 1.43. The number of rotatable bonds is 0. The molecule has 1 fully saturated rings. The first-order valence-electron chi connectivity index (χ1n) is 1.69. The van der Waals surface area contributed by atoms with Crippen molar-refractivity contribution in [2.24, 2.45) is 0 Å². The third-order valence-corrected chi connectivity index (χ3v) is 9.67. The molecule has 3 heteroatoms. The zero-order chi connectivity index (χ0) is 4.41. The molecule has 0 amide bonds. The second kappa shape index (κ2) is 2.67. The molecule has 0 aromatic heterocycles. The molecule has 1 heterocycles. The van der Waals surface area contributed by atoms with Gasteiger partial charge in [0.1, 0.15) is 0 Å². The zero-order valence-electron chi connectivity index (χ0n) is 3.14. The first kappa shape index (κ1) is 5.56. The van der Waals surface area contributed by atoms with Crippen LogP contribution in [-0.2, 0) is 0 Å². The van der Waals surface area contributed by atoms with Gasteiger partial charge in [-0.2, -0.15) is 0 Å². The summed E-state index contributed by atoms with van der Waals surface area (Å²) in [6.07, 6.45) is 0. The van der Waals surface area contributed by atoms with Gasteiger partial charge in [0.05, 0.1) is 0 Å². The van der Waals surface area contributed by atoms with Crippen molar-refractivity contribution in [3.63, 3.8) is 0 Å². The van der Waals surface area contributed by atoms with Crippen LogP contribution in [0.2, 0.25) is 10.6 Å². The monoisotopic (exact) mass is 280 g/mol. The van der Waals surface area contributed by atoms with Gasteiger partial charge in [-0.1, -0.05) is 0 Å². The Morgan fingerprint density at radius 1 is 1.33 bits per heavy atom. The van der Waals surface area contributed by atoms with Crippen LogP contribution in [0.1, 0.15) is 0 Å². The topological polar surface area (TPSA) is 0 Å². The molecule has 0 unspecified atom stereocenters. The van der Waals surface area contributed by atoms with Crippen molar-refractivity contribution >= 4 is 47.7 Å². The van der Waals surface area contributed by atoms with Crippen molar-refractivity contribution in [1.29, 1.82) is 0 Å². The molecule has 34 valence electrons. The maximum atomic E-state index is 3.11. The fraction of sp³-hybridized carbons (Fsp3) is 0.667. The van der Waals surface area contributed by atoms with Crippen LogP contribution in [0.25, 0.3) is 0 Å². The average Bonchev–Trinajstić information content (AvgIpc) is 1.86. The summed E-state index contributed by atoms with van der Waals surface area (Å²) in [6, 6.07) is 0. The van der Waals surface area contributed by atoms with Gasteiger partial charge in [-0.25, -0.2) is 0 Å². The van der Waals surface area contributed by atoms with E-state index in [2.05, 4.69) is 15.6 Å². The van der Waals surface area contributed by atoms with E-state index in [1.165, 1.54) is 10.6 Å². The van der Waals surface area contributed by atoms with E-state index in [4.69, 9.17) is 0 Å². The van der Waals surface area contributed by atoms with E-state index in [1.807, 2.05) is 0 Å². The summed E-state index contributed by atoms with van der Waals surface area (Å²) in [4.78, 5) is 0. The van der Waals surface area contributed by atoms with Crippen LogP contribution in [-0.4, -0.2) is 47.7 Å². The van der Waals surface area contributed by atoms with Gasteiger partial charge in [0, 0.05) is 0 Å². The van der Waals surface area contributed by atoms with Crippen molar-refractivity contribution in [2.75, 3.05) is 0 Å². The Kier molecular flexibility index (Phi) is 2.47. The van der Waals surface area contributed by atoms with Gasteiger partial charge in [-0.05, 0) is 0 Å². The summed E-state index contributed by atoms with van der Waals surface area (Å²) >= 11 is 4.94. The second-order valence-corrected chi connectivity index (χ2v) is 10.4. The van der Waals surface area contributed by atoms with Crippen LogP contribution >= 0.6 is 0 Å². The molecule has 0 nitrogen and oxygen atoms in total. The third-order valence-electron chi connectivity index (χ3n) is 0.523. The second-order valence-electron chi connectivity index (χ2n) is 0.947. The van der Waals surface area contributed by atoms with Crippen LogP contribution in [0.15, 0.2) is 0 Å². The minimum absolute atomic E-state index is 0.917. The summed E-state index contributed by atoms with van der Waals surface area (Å²) < 4.78 is 1.70. The summed E-state index contributed by atoms with van der Waals surface area (Å²) in [5.74, 6) is 0. The maximum absolute atomic E-state index is 3.11. The van der Waals surface area contributed by atoms with Gasteiger partial charge in [-0.3, -0.25) is 0 Å². The van der Waals surface area contributed by atoms with Crippen LogP contribution in [0.5, 0.6) is 0 Å². The van der Waals surface area contributed by atoms with Crippen molar-refractivity contribution in [3.8, 4) is 0 Å². The fourth-order valence-electron chi connectivity index (χ4n) is 0.292. The van der Waals surface area contributed by atoms with E-state index in [0.717, 1.165) is 29.9 Å². The van der Waals surface area contributed by atoms with Crippen LogP contribution in [0.4, 0.5) is 0 Å². The molecule has 6 heavy (non-hydrogen) atoms. The third kappa shape index (κ3) is 1.50. The summed E-state index contributed by atoms with van der Waals surface area (Å²) in [5, 5.41) is 3.02. The van der Waals surface area contributed by atoms with E-state index in [1.54, 1.807) is 2.21 Å². The van der Waals surface area contributed by atoms with Gasteiger partial charge in [0.25, 0.3) is 0 Å². The van der Waals surface area contributed by atoms with Gasteiger partial charge in [0.15, 0.2) is 0 Å². The van der Waals surface area contributed by atoms with E-state index >= 15 is 0 Å². The molecule has 0 saturated carbocycles. The Morgan fingerprint density at radius 3 is 2.00 bits per heavy atom. The van der Waals surface area contributed by atoms with E-state index in [9.17, 15) is 0 Å². The Labute approximate surface area is 58.1 Å². The summed E-state index contributed by atoms with van der Waals surface area (Å²) in [6.45, 7) is 0. The molecule has 0 aromatic carbocycles. The molecule has 0 radical (unpaired) electrons. The molecule has 0 atom stereocenters. The molecule has 1 aliphatic heterocycles. The Bertz CT molecular complexity index is 60.4. The van der Waals surface area contributed by atoms with Crippen molar-refractivity contribution < 1.29 is 0 Å². The minimum atomic E-state index is 0.917. The molecule has 1 saturated heterocycles. The summed E-state index contributed by atoms with van der Waals surface area (Å²) in [5.41, 5.74) is 0. The predicted molar refractivity (Wildman–Crippen MR) is 31.9 cm³/mol. The average molecular weight is 277 g/mol. The van der Waals surface area contributed by atoms with Crippen molar-refractivity contribution in [2.45, 2.75) is 10.6 Å². The predicted octanol–water partition coefficient (Wildman–Crippen LogP) is -0.499. The standard InChI is InChI=1S/C3H4Se3/c4-3-5-1-2-6-3/h1-2H2. The zero-order valence-corrected chi connectivity index (χ0v) is 8.28. The molecule has 0 spiro atoms. The van der Waals surface area contributed by atoms with Crippen LogP contribution < -0.4 is 0 Å². The molecule has 0 aromatic rings. The van der Waals surface area contributed by atoms with Crippen LogP contribution in [0, 0.1) is 0 Å². The van der Waals surface area contributed by atoms with Crippen molar-refractivity contribution in [3.05, 3.63) is 0 Å². The van der Waals surface area contributed by atoms with Gasteiger partial charge >= 0.3 is 58.3 Å². The normalized spacial score (nSPS) is 22.3. The van der Waals surface area contributed by atoms with Gasteiger partial charge in [-0.15, -0.1) is 0 Å². The fourth-order valence-corrected chi connectivity index (χ4v) is 7.87. The van der Waals surface area contributed by atoms with E-state index in [0.29, 0.717) is 0 Å². The molecule has 1 rings (SSSR count).